The van der Waals surface area contributed by atoms with Gasteiger partial charge in [-0.15, -0.1) is 0 Å². The van der Waals surface area contributed by atoms with Crippen molar-refractivity contribution >= 4 is 26.8 Å². The minimum absolute atomic E-state index is 0.216. The van der Waals surface area contributed by atoms with Crippen LogP contribution in [0.2, 0.25) is 0 Å². The van der Waals surface area contributed by atoms with Crippen LogP contribution in [-0.4, -0.2) is 28.5 Å². The van der Waals surface area contributed by atoms with Crippen LogP contribution >= 0.6 is 0 Å². The molecule has 1 atom stereocenters. The van der Waals surface area contributed by atoms with Crippen molar-refractivity contribution in [3.05, 3.63) is 102 Å². The van der Waals surface area contributed by atoms with Crippen molar-refractivity contribution in [3.63, 3.8) is 0 Å². The molecular formula is C23H18N4O2S. The summed E-state index contributed by atoms with van der Waals surface area (Å²) in [5.41, 5.74) is 3.96. The molecule has 0 bridgehead atoms. The van der Waals surface area contributed by atoms with Crippen molar-refractivity contribution in [2.75, 3.05) is 0 Å². The molecule has 2 heterocycles. The zero-order valence-corrected chi connectivity index (χ0v) is 16.8. The molecule has 5 rings (SSSR count). The van der Waals surface area contributed by atoms with Crippen molar-refractivity contribution < 1.29 is 8.42 Å². The molecule has 7 heteroatoms. The van der Waals surface area contributed by atoms with Crippen molar-refractivity contribution in [2.24, 2.45) is 5.10 Å². The smallest absolute Gasteiger partial charge is 0.253 e. The summed E-state index contributed by atoms with van der Waals surface area (Å²) in [5.74, 6) is 0. The van der Waals surface area contributed by atoms with Crippen LogP contribution in [-0.2, 0) is 10.0 Å². The highest BCUT2D eigenvalue weighted by atomic mass is 32.2. The lowest BCUT2D eigenvalue weighted by Crippen LogP contribution is -2.27. The molecule has 1 aliphatic heterocycles. The fraction of sp³-hybridized carbons (Fsp3) is 0.0870. The number of rotatable bonds is 4. The predicted octanol–water partition coefficient (Wildman–Crippen LogP) is 4.17. The normalized spacial score (nSPS) is 16.6. The SMILES string of the molecule is O=S(=O)(c1ccccc1)N1N=C(c2ccccc2)C[C@@H]1c1ccc2nccnc2c1. The Morgan fingerprint density at radius 2 is 1.47 bits per heavy atom. The van der Waals surface area contributed by atoms with Gasteiger partial charge in [0.05, 0.1) is 27.7 Å². The maximum Gasteiger partial charge on any atom is 0.279 e. The summed E-state index contributed by atoms with van der Waals surface area (Å²) >= 11 is 0. The second-order valence-corrected chi connectivity index (χ2v) is 8.82. The number of nitrogens with zero attached hydrogens (tertiary/aromatic N) is 4. The fourth-order valence-corrected chi connectivity index (χ4v) is 5.11. The van der Waals surface area contributed by atoms with E-state index in [4.69, 9.17) is 0 Å². The van der Waals surface area contributed by atoms with Crippen molar-refractivity contribution in [3.8, 4) is 0 Å². The number of fused-ring (bicyclic) bond motifs is 1. The quantitative estimate of drug-likeness (QED) is 0.502. The highest BCUT2D eigenvalue weighted by molar-refractivity contribution is 7.89. The molecule has 148 valence electrons. The lowest BCUT2D eigenvalue weighted by Gasteiger charge is -2.23. The topological polar surface area (TPSA) is 75.5 Å². The third-order valence-electron chi connectivity index (χ3n) is 5.15. The highest BCUT2D eigenvalue weighted by Gasteiger charge is 2.37. The van der Waals surface area contributed by atoms with Crippen LogP contribution in [0.5, 0.6) is 0 Å². The molecule has 3 aromatic carbocycles. The van der Waals surface area contributed by atoms with E-state index in [1.807, 2.05) is 48.5 Å². The third kappa shape index (κ3) is 3.23. The third-order valence-corrected chi connectivity index (χ3v) is 6.84. The minimum atomic E-state index is -3.82. The molecule has 0 fully saturated rings. The molecule has 0 unspecified atom stereocenters. The second-order valence-electron chi connectivity index (χ2n) is 7.03. The Morgan fingerprint density at radius 3 is 2.20 bits per heavy atom. The van der Waals surface area contributed by atoms with Crippen LogP contribution in [0, 0.1) is 0 Å². The van der Waals surface area contributed by atoms with Gasteiger partial charge in [0.1, 0.15) is 0 Å². The Morgan fingerprint density at radius 1 is 0.800 bits per heavy atom. The van der Waals surface area contributed by atoms with Gasteiger partial charge in [0.2, 0.25) is 0 Å². The minimum Gasteiger partial charge on any atom is -0.253 e. The van der Waals surface area contributed by atoms with Crippen molar-refractivity contribution in [1.29, 1.82) is 0 Å². The lowest BCUT2D eigenvalue weighted by atomic mass is 9.99. The van der Waals surface area contributed by atoms with Crippen molar-refractivity contribution in [1.82, 2.24) is 14.4 Å². The van der Waals surface area contributed by atoms with E-state index in [1.165, 1.54) is 4.41 Å². The average molecular weight is 414 g/mol. The number of hydrazone groups is 1. The molecule has 1 aliphatic rings. The maximum absolute atomic E-state index is 13.4. The van der Waals surface area contributed by atoms with Gasteiger partial charge in [0, 0.05) is 18.8 Å². The summed E-state index contributed by atoms with van der Waals surface area (Å²) in [5, 5.41) is 4.57. The summed E-state index contributed by atoms with van der Waals surface area (Å²) in [6.07, 6.45) is 3.74. The van der Waals surface area contributed by atoms with Crippen LogP contribution < -0.4 is 0 Å². The van der Waals surface area contributed by atoms with Crippen molar-refractivity contribution in [2.45, 2.75) is 17.4 Å². The number of benzene rings is 3. The zero-order chi connectivity index (χ0) is 20.6. The van der Waals surface area contributed by atoms with Crippen LogP contribution in [0.25, 0.3) is 11.0 Å². The molecule has 4 aromatic rings. The van der Waals surface area contributed by atoms with Gasteiger partial charge in [-0.1, -0.05) is 54.6 Å². The molecule has 0 aliphatic carbocycles. The van der Waals surface area contributed by atoms with E-state index in [0.29, 0.717) is 6.42 Å². The number of aromatic nitrogens is 2. The van der Waals surface area contributed by atoms with Gasteiger partial charge in [-0.3, -0.25) is 9.97 Å². The van der Waals surface area contributed by atoms with E-state index in [0.717, 1.165) is 27.9 Å². The van der Waals surface area contributed by atoms with E-state index < -0.39 is 16.1 Å². The summed E-state index contributed by atoms with van der Waals surface area (Å²) in [7, 11) is -3.82. The Labute approximate surface area is 174 Å². The van der Waals surface area contributed by atoms with E-state index in [2.05, 4.69) is 15.1 Å². The molecule has 0 spiro atoms. The summed E-state index contributed by atoms with van der Waals surface area (Å²) < 4.78 is 28.1. The molecule has 6 nitrogen and oxygen atoms in total. The first kappa shape index (κ1) is 18.4. The summed E-state index contributed by atoms with van der Waals surface area (Å²) in [6.45, 7) is 0. The molecule has 30 heavy (non-hydrogen) atoms. The largest absolute Gasteiger partial charge is 0.279 e. The van der Waals surface area contributed by atoms with Crippen LogP contribution in [0.4, 0.5) is 0 Å². The number of hydrogen-bond acceptors (Lipinski definition) is 5. The first-order valence-electron chi connectivity index (χ1n) is 9.56. The lowest BCUT2D eigenvalue weighted by molar-refractivity contribution is 0.371. The van der Waals surface area contributed by atoms with Gasteiger partial charge in [-0.2, -0.15) is 17.9 Å². The summed E-state index contributed by atoms with van der Waals surface area (Å²) in [4.78, 5) is 8.89. The standard InChI is InChI=1S/C23H18N4O2S/c28-30(29,19-9-5-2-6-10-19)27-23(16-21(26-27)17-7-3-1-4-8-17)18-11-12-20-22(15-18)25-14-13-24-20/h1-15,23H,16H2/t23-/m1/s1. The first-order valence-corrected chi connectivity index (χ1v) is 11.0. The zero-order valence-electron chi connectivity index (χ0n) is 16.0. The Balaban J connectivity index is 1.63. The molecule has 0 amide bonds. The number of sulfonamides is 1. The monoisotopic (exact) mass is 414 g/mol. The molecule has 0 radical (unpaired) electrons. The van der Waals surface area contributed by atoms with Gasteiger partial charge >= 0.3 is 0 Å². The summed E-state index contributed by atoms with van der Waals surface area (Å²) in [6, 6.07) is 23.3. The fourth-order valence-electron chi connectivity index (χ4n) is 3.65. The van der Waals surface area contributed by atoms with Gasteiger partial charge in [0.15, 0.2) is 0 Å². The van der Waals surface area contributed by atoms with E-state index in [9.17, 15) is 8.42 Å². The molecular weight excluding hydrogens is 396 g/mol. The van der Waals surface area contributed by atoms with Gasteiger partial charge in [0.25, 0.3) is 10.0 Å². The molecule has 1 aromatic heterocycles. The van der Waals surface area contributed by atoms with Gasteiger partial charge in [-0.25, -0.2) is 0 Å². The maximum atomic E-state index is 13.4. The number of hydrogen-bond donors (Lipinski definition) is 0. The van der Waals surface area contributed by atoms with Crippen LogP contribution in [0.1, 0.15) is 23.6 Å². The Bertz CT molecular complexity index is 1340. The van der Waals surface area contributed by atoms with Crippen LogP contribution in [0.3, 0.4) is 0 Å². The average Bonchev–Trinajstić information content (AvgIpc) is 3.26. The van der Waals surface area contributed by atoms with Crippen LogP contribution in [0.15, 0.2) is 101 Å². The van der Waals surface area contributed by atoms with E-state index >= 15 is 0 Å². The predicted molar refractivity (Wildman–Crippen MR) is 115 cm³/mol. The highest BCUT2D eigenvalue weighted by Crippen LogP contribution is 2.37. The van der Waals surface area contributed by atoms with Gasteiger partial charge < -0.3 is 0 Å². The molecule has 0 N–H and O–H groups in total. The van der Waals surface area contributed by atoms with E-state index in [1.54, 1.807) is 42.7 Å². The molecule has 0 saturated heterocycles. The first-order chi connectivity index (χ1) is 14.6. The Kier molecular flexibility index (Phi) is 4.52. The van der Waals surface area contributed by atoms with Gasteiger partial charge in [-0.05, 0) is 35.4 Å². The molecule has 0 saturated carbocycles. The Hall–Kier alpha value is -3.58. The second kappa shape index (κ2) is 7.35. The van der Waals surface area contributed by atoms with E-state index in [-0.39, 0.29) is 4.90 Å².